The van der Waals surface area contributed by atoms with Gasteiger partial charge in [0.05, 0.1) is 0 Å². The largest absolute Gasteiger partial charge is 0.340 e. The second-order valence-electron chi connectivity index (χ2n) is 7.55. The lowest BCUT2D eigenvalue weighted by Gasteiger charge is -2.25. The molecule has 3 aromatic rings. The van der Waals surface area contributed by atoms with Crippen LogP contribution in [-0.2, 0) is 4.79 Å². The van der Waals surface area contributed by atoms with Gasteiger partial charge in [-0.15, -0.1) is 0 Å². The van der Waals surface area contributed by atoms with E-state index in [1.807, 2.05) is 54.6 Å². The summed E-state index contributed by atoms with van der Waals surface area (Å²) in [6.07, 6.45) is 7.76. The van der Waals surface area contributed by atoms with Gasteiger partial charge in [-0.3, -0.25) is 4.79 Å². The van der Waals surface area contributed by atoms with E-state index in [4.69, 9.17) is 0 Å². The van der Waals surface area contributed by atoms with Gasteiger partial charge in [0.25, 0.3) is 0 Å². The van der Waals surface area contributed by atoms with Gasteiger partial charge in [-0.05, 0) is 73.5 Å². The van der Waals surface area contributed by atoms with Crippen molar-refractivity contribution in [3.63, 3.8) is 0 Å². The average molecular weight is 402 g/mol. The van der Waals surface area contributed by atoms with Crippen molar-refractivity contribution in [3.05, 3.63) is 67.0 Å². The van der Waals surface area contributed by atoms with Gasteiger partial charge >= 0.3 is 0 Å². The number of carbonyl (C=O) groups excluding carboxylic acids is 1. The lowest BCUT2D eigenvalue weighted by Crippen LogP contribution is -2.32. The summed E-state index contributed by atoms with van der Waals surface area (Å²) in [5.74, 6) is 1.35. The molecule has 0 bridgehead atoms. The molecule has 1 amide bonds. The van der Waals surface area contributed by atoms with Crippen molar-refractivity contribution in [2.75, 3.05) is 30.3 Å². The minimum atomic E-state index is 0.00591. The Kier molecular flexibility index (Phi) is 6.67. The Morgan fingerprint density at radius 2 is 1.53 bits per heavy atom. The van der Waals surface area contributed by atoms with Gasteiger partial charge in [0, 0.05) is 31.0 Å². The zero-order chi connectivity index (χ0) is 20.6. The van der Waals surface area contributed by atoms with E-state index >= 15 is 0 Å². The van der Waals surface area contributed by atoms with Crippen molar-refractivity contribution in [1.29, 1.82) is 0 Å². The molecule has 6 nitrogen and oxygen atoms in total. The maximum atomic E-state index is 12.4. The van der Waals surface area contributed by atoms with Crippen LogP contribution in [0, 0.1) is 0 Å². The van der Waals surface area contributed by atoms with Crippen LogP contribution in [-0.4, -0.2) is 40.4 Å². The molecule has 1 aliphatic rings. The minimum absolute atomic E-state index is 0.00591. The van der Waals surface area contributed by atoms with Crippen molar-refractivity contribution in [3.8, 4) is 11.1 Å². The fraction of sp³-hybridized carbons (Fsp3) is 0.292. The van der Waals surface area contributed by atoms with E-state index < -0.39 is 0 Å². The van der Waals surface area contributed by atoms with Gasteiger partial charge in [-0.1, -0.05) is 24.6 Å². The molecule has 1 aromatic carbocycles. The Balaban J connectivity index is 1.39. The number of benzene rings is 1. The maximum absolute atomic E-state index is 12.4. The Labute approximate surface area is 177 Å². The number of aromatic nitrogens is 2. The molecule has 1 aliphatic heterocycles. The molecule has 154 valence electrons. The van der Waals surface area contributed by atoms with Gasteiger partial charge < -0.3 is 15.5 Å². The van der Waals surface area contributed by atoms with E-state index in [2.05, 4.69) is 25.5 Å². The minimum Gasteiger partial charge on any atom is -0.340 e. The number of nitrogens with one attached hydrogen (secondary N) is 2. The van der Waals surface area contributed by atoms with Crippen LogP contribution in [0.4, 0.5) is 17.3 Å². The first kappa shape index (κ1) is 20.0. The van der Waals surface area contributed by atoms with Gasteiger partial charge in [0.2, 0.25) is 5.91 Å². The van der Waals surface area contributed by atoms with Crippen LogP contribution in [0.3, 0.4) is 0 Å². The molecule has 30 heavy (non-hydrogen) atoms. The number of para-hydroxylation sites is 1. The predicted octanol–water partition coefficient (Wildman–Crippen LogP) is 4.70. The highest BCUT2D eigenvalue weighted by molar-refractivity contribution is 5.90. The van der Waals surface area contributed by atoms with Gasteiger partial charge in [-0.25, -0.2) is 9.97 Å². The molecule has 0 spiro atoms. The summed E-state index contributed by atoms with van der Waals surface area (Å²) >= 11 is 0. The number of nitrogens with zero attached hydrogens (tertiary/aromatic N) is 3. The van der Waals surface area contributed by atoms with Crippen molar-refractivity contribution in [2.45, 2.75) is 25.7 Å². The molecule has 0 unspecified atom stereocenters. The topological polar surface area (TPSA) is 70.2 Å². The summed E-state index contributed by atoms with van der Waals surface area (Å²) in [7, 11) is 0. The summed E-state index contributed by atoms with van der Waals surface area (Å²) < 4.78 is 0. The highest BCUT2D eigenvalue weighted by Crippen LogP contribution is 2.24. The Bertz CT molecular complexity index is 970. The van der Waals surface area contributed by atoms with Gasteiger partial charge in [0.15, 0.2) is 0 Å². The first-order valence-electron chi connectivity index (χ1n) is 10.5. The van der Waals surface area contributed by atoms with E-state index in [9.17, 15) is 4.79 Å². The standard InChI is InChI=1S/C24H27N5O/c30-24(11-16-29-14-5-2-6-15-29)28-23-18-20(10-13-26-23)19-9-12-25-22(17-19)27-21-7-3-1-4-8-21/h1,3-4,7-10,12-13,17-18H,2,5-6,11,14-16H2,(H,25,27)(H,26,28,30). The molecule has 0 atom stereocenters. The van der Waals surface area contributed by atoms with Crippen LogP contribution >= 0.6 is 0 Å². The number of amides is 1. The summed E-state index contributed by atoms with van der Waals surface area (Å²) in [4.78, 5) is 23.4. The molecule has 4 rings (SSSR count). The second-order valence-corrected chi connectivity index (χ2v) is 7.55. The fourth-order valence-electron chi connectivity index (χ4n) is 3.67. The van der Waals surface area contributed by atoms with E-state index in [1.54, 1.807) is 12.4 Å². The van der Waals surface area contributed by atoms with Crippen LogP contribution in [0.5, 0.6) is 0 Å². The smallest absolute Gasteiger partial charge is 0.226 e. The van der Waals surface area contributed by atoms with E-state index in [0.29, 0.717) is 12.2 Å². The highest BCUT2D eigenvalue weighted by Gasteiger charge is 2.12. The first-order valence-corrected chi connectivity index (χ1v) is 10.5. The predicted molar refractivity (Wildman–Crippen MR) is 121 cm³/mol. The molecule has 1 fully saturated rings. The normalized spacial score (nSPS) is 14.3. The molecule has 0 aliphatic carbocycles. The number of hydrogen-bond donors (Lipinski definition) is 2. The Hall–Kier alpha value is -3.25. The van der Waals surface area contributed by atoms with E-state index in [1.165, 1.54) is 19.3 Å². The van der Waals surface area contributed by atoms with Crippen molar-refractivity contribution >= 4 is 23.2 Å². The quantitative estimate of drug-likeness (QED) is 0.600. The fourth-order valence-corrected chi connectivity index (χ4v) is 3.67. The summed E-state index contributed by atoms with van der Waals surface area (Å²) in [5, 5.41) is 6.25. The van der Waals surface area contributed by atoms with Crippen LogP contribution in [0.2, 0.25) is 0 Å². The first-order chi connectivity index (χ1) is 14.8. The Morgan fingerprint density at radius 1 is 0.867 bits per heavy atom. The lowest BCUT2D eigenvalue weighted by atomic mass is 10.1. The van der Waals surface area contributed by atoms with Crippen LogP contribution < -0.4 is 10.6 Å². The van der Waals surface area contributed by atoms with Crippen LogP contribution in [0.15, 0.2) is 67.0 Å². The maximum Gasteiger partial charge on any atom is 0.226 e. The van der Waals surface area contributed by atoms with E-state index in [0.717, 1.165) is 42.3 Å². The van der Waals surface area contributed by atoms with Crippen molar-refractivity contribution in [2.24, 2.45) is 0 Å². The zero-order valence-electron chi connectivity index (χ0n) is 17.1. The third kappa shape index (κ3) is 5.64. The number of piperidine rings is 1. The molecule has 3 heterocycles. The number of rotatable bonds is 7. The average Bonchev–Trinajstić information content (AvgIpc) is 2.79. The van der Waals surface area contributed by atoms with E-state index in [-0.39, 0.29) is 5.91 Å². The SMILES string of the molecule is O=C(CCN1CCCCC1)Nc1cc(-c2ccnc(Nc3ccccc3)c2)ccn1. The summed E-state index contributed by atoms with van der Waals surface area (Å²) in [5.41, 5.74) is 2.98. The molecular weight excluding hydrogens is 374 g/mol. The lowest BCUT2D eigenvalue weighted by molar-refractivity contribution is -0.116. The third-order valence-corrected chi connectivity index (χ3v) is 5.27. The van der Waals surface area contributed by atoms with Gasteiger partial charge in [-0.2, -0.15) is 0 Å². The number of hydrogen-bond acceptors (Lipinski definition) is 5. The zero-order valence-corrected chi connectivity index (χ0v) is 17.1. The number of carbonyl (C=O) groups is 1. The molecule has 0 radical (unpaired) electrons. The monoisotopic (exact) mass is 401 g/mol. The van der Waals surface area contributed by atoms with Crippen molar-refractivity contribution < 1.29 is 4.79 Å². The Morgan fingerprint density at radius 3 is 2.27 bits per heavy atom. The molecule has 6 heteroatoms. The summed E-state index contributed by atoms with van der Waals surface area (Å²) in [6.45, 7) is 3.01. The molecule has 1 saturated heterocycles. The van der Waals surface area contributed by atoms with Crippen LogP contribution in [0.25, 0.3) is 11.1 Å². The highest BCUT2D eigenvalue weighted by atomic mass is 16.1. The number of pyridine rings is 2. The van der Waals surface area contributed by atoms with Gasteiger partial charge in [0.1, 0.15) is 11.6 Å². The van der Waals surface area contributed by atoms with Crippen LogP contribution in [0.1, 0.15) is 25.7 Å². The second kappa shape index (κ2) is 9.98. The number of anilines is 3. The van der Waals surface area contributed by atoms with Crippen molar-refractivity contribution in [1.82, 2.24) is 14.9 Å². The molecule has 0 saturated carbocycles. The molecule has 2 N–H and O–H groups in total. The third-order valence-electron chi connectivity index (χ3n) is 5.27. The summed E-state index contributed by atoms with van der Waals surface area (Å²) in [6, 6.07) is 17.7. The number of likely N-dealkylation sites (tertiary alicyclic amines) is 1. The molecular formula is C24H27N5O. The molecule has 2 aromatic heterocycles.